The highest BCUT2D eigenvalue weighted by atomic mass is 16.3. The van der Waals surface area contributed by atoms with Crippen LogP contribution >= 0.6 is 0 Å². The molecule has 58 heavy (non-hydrogen) atoms. The normalized spacial score (nSPS) is 11.4. The van der Waals surface area contributed by atoms with Crippen LogP contribution in [0.25, 0.3) is 88.0 Å². The van der Waals surface area contributed by atoms with Gasteiger partial charge in [0.1, 0.15) is 11.2 Å². The van der Waals surface area contributed by atoms with Gasteiger partial charge in [0, 0.05) is 27.7 Å². The summed E-state index contributed by atoms with van der Waals surface area (Å²) in [4.78, 5) is 2.40. The highest BCUT2D eigenvalue weighted by Crippen LogP contribution is 2.44. The van der Waals surface area contributed by atoms with Crippen LogP contribution in [0.2, 0.25) is 0 Å². The number of benzene rings is 10. The van der Waals surface area contributed by atoms with Gasteiger partial charge in [-0.05, 0) is 109 Å². The summed E-state index contributed by atoms with van der Waals surface area (Å²) in [5, 5.41) is 7.20. The lowest BCUT2D eigenvalue weighted by Crippen LogP contribution is -2.11. The number of furan rings is 1. The Morgan fingerprint density at radius 2 is 0.845 bits per heavy atom. The van der Waals surface area contributed by atoms with E-state index >= 15 is 0 Å². The summed E-state index contributed by atoms with van der Waals surface area (Å²) in [6.45, 7) is 0. The third kappa shape index (κ3) is 5.91. The van der Waals surface area contributed by atoms with Gasteiger partial charge in [0.15, 0.2) is 0 Å². The fourth-order valence-corrected chi connectivity index (χ4v) is 8.62. The Labute approximate surface area is 337 Å². The molecule has 1 aromatic heterocycles. The van der Waals surface area contributed by atoms with Gasteiger partial charge in [-0.3, -0.25) is 0 Å². The Hall–Kier alpha value is -7.68. The molecular formula is C56H37NO. The predicted molar refractivity (Wildman–Crippen MR) is 245 cm³/mol. The number of rotatable bonds is 7. The average molecular weight is 740 g/mol. The van der Waals surface area contributed by atoms with E-state index in [0.29, 0.717) is 0 Å². The Morgan fingerprint density at radius 3 is 1.69 bits per heavy atom. The Morgan fingerprint density at radius 1 is 0.293 bits per heavy atom. The molecule has 0 N–H and O–H groups in total. The predicted octanol–water partition coefficient (Wildman–Crippen LogP) is 16.0. The van der Waals surface area contributed by atoms with Crippen molar-refractivity contribution in [3.63, 3.8) is 0 Å². The van der Waals surface area contributed by atoms with Crippen molar-refractivity contribution < 1.29 is 4.42 Å². The SMILES string of the molecule is c1ccc(-c2ccc(N(c3cccc(-c4ccc(-c5ccc6ccc7oc8ccccc8c7c6c5)cc4)c3)c3ccccc3-c3cccc4ccccc34)cc2)cc1. The molecule has 0 amide bonds. The van der Waals surface area contributed by atoms with E-state index in [1.165, 1.54) is 60.3 Å². The molecule has 10 aromatic carbocycles. The van der Waals surface area contributed by atoms with Crippen LogP contribution in [0.5, 0.6) is 0 Å². The largest absolute Gasteiger partial charge is 0.456 e. The highest BCUT2D eigenvalue weighted by Gasteiger charge is 2.19. The third-order valence-electron chi connectivity index (χ3n) is 11.5. The summed E-state index contributed by atoms with van der Waals surface area (Å²) in [6.07, 6.45) is 0. The van der Waals surface area contributed by atoms with E-state index in [0.717, 1.165) is 44.7 Å². The molecule has 0 aliphatic carbocycles. The lowest BCUT2D eigenvalue weighted by molar-refractivity contribution is 0.669. The van der Waals surface area contributed by atoms with Crippen molar-refractivity contribution in [2.75, 3.05) is 4.90 Å². The molecule has 0 spiro atoms. The quantitative estimate of drug-likeness (QED) is 0.162. The first-order valence-electron chi connectivity index (χ1n) is 19.8. The van der Waals surface area contributed by atoms with Crippen molar-refractivity contribution in [1.82, 2.24) is 0 Å². The van der Waals surface area contributed by atoms with Gasteiger partial charge in [0.2, 0.25) is 0 Å². The second-order valence-electron chi connectivity index (χ2n) is 14.9. The average Bonchev–Trinajstić information content (AvgIpc) is 3.69. The van der Waals surface area contributed by atoms with Crippen LogP contribution in [0.4, 0.5) is 17.1 Å². The maximum Gasteiger partial charge on any atom is 0.136 e. The molecule has 2 heteroatoms. The van der Waals surface area contributed by atoms with E-state index in [2.05, 4.69) is 217 Å². The summed E-state index contributed by atoms with van der Waals surface area (Å²) in [7, 11) is 0. The lowest BCUT2D eigenvalue weighted by atomic mass is 9.95. The van der Waals surface area contributed by atoms with E-state index < -0.39 is 0 Å². The second-order valence-corrected chi connectivity index (χ2v) is 14.9. The van der Waals surface area contributed by atoms with Gasteiger partial charge in [-0.25, -0.2) is 0 Å². The highest BCUT2D eigenvalue weighted by molar-refractivity contribution is 6.19. The van der Waals surface area contributed by atoms with Gasteiger partial charge >= 0.3 is 0 Å². The minimum atomic E-state index is 0.918. The molecular weight excluding hydrogens is 703 g/mol. The summed E-state index contributed by atoms with van der Waals surface area (Å²) in [5.74, 6) is 0. The van der Waals surface area contributed by atoms with Gasteiger partial charge in [-0.15, -0.1) is 0 Å². The summed E-state index contributed by atoms with van der Waals surface area (Å²) >= 11 is 0. The summed E-state index contributed by atoms with van der Waals surface area (Å²) < 4.78 is 6.22. The Kier molecular flexibility index (Phi) is 8.19. The second kappa shape index (κ2) is 14.1. The fourth-order valence-electron chi connectivity index (χ4n) is 8.62. The maximum absolute atomic E-state index is 6.22. The minimum Gasteiger partial charge on any atom is -0.456 e. The number of fused-ring (bicyclic) bond motifs is 6. The fraction of sp³-hybridized carbons (Fsp3) is 0. The number of nitrogens with zero attached hydrogens (tertiary/aromatic N) is 1. The monoisotopic (exact) mass is 739 g/mol. The zero-order valence-corrected chi connectivity index (χ0v) is 31.7. The first-order valence-corrected chi connectivity index (χ1v) is 19.8. The number of anilines is 3. The smallest absolute Gasteiger partial charge is 0.136 e. The molecule has 0 radical (unpaired) electrons. The minimum absolute atomic E-state index is 0.918. The van der Waals surface area contributed by atoms with E-state index in [1.54, 1.807) is 0 Å². The molecule has 272 valence electrons. The third-order valence-corrected chi connectivity index (χ3v) is 11.5. The zero-order chi connectivity index (χ0) is 38.4. The molecule has 11 aromatic rings. The molecule has 0 atom stereocenters. The zero-order valence-electron chi connectivity index (χ0n) is 31.7. The van der Waals surface area contributed by atoms with Gasteiger partial charge in [-0.1, -0.05) is 176 Å². The number of hydrogen-bond acceptors (Lipinski definition) is 2. The lowest BCUT2D eigenvalue weighted by Gasteiger charge is -2.29. The van der Waals surface area contributed by atoms with Crippen molar-refractivity contribution in [3.05, 3.63) is 224 Å². The Bertz CT molecular complexity index is 3260. The van der Waals surface area contributed by atoms with Gasteiger partial charge in [-0.2, -0.15) is 0 Å². The van der Waals surface area contributed by atoms with Gasteiger partial charge < -0.3 is 9.32 Å². The van der Waals surface area contributed by atoms with E-state index in [1.807, 2.05) is 12.1 Å². The van der Waals surface area contributed by atoms with Gasteiger partial charge in [0.25, 0.3) is 0 Å². The molecule has 0 fully saturated rings. The van der Waals surface area contributed by atoms with E-state index in [-0.39, 0.29) is 0 Å². The van der Waals surface area contributed by atoms with Crippen LogP contribution < -0.4 is 4.90 Å². The van der Waals surface area contributed by atoms with Crippen LogP contribution in [-0.4, -0.2) is 0 Å². The van der Waals surface area contributed by atoms with Crippen LogP contribution in [0, 0.1) is 0 Å². The molecule has 2 nitrogen and oxygen atoms in total. The standard InChI is InChI=1S/C56H37NO/c1-2-12-38(13-3-1)39-30-33-46(34-31-39)57(53-22-8-6-19-50(53)49-21-11-15-42-14-4-5-18-48(42)49)47-17-10-16-44(36-47)40-24-26-41(27-25-40)45-29-28-43-32-35-55-56(52(43)37-45)51-20-7-9-23-54(51)58-55/h1-37H. The van der Waals surface area contributed by atoms with Crippen molar-refractivity contribution in [1.29, 1.82) is 0 Å². The molecule has 0 saturated carbocycles. The summed E-state index contributed by atoms with van der Waals surface area (Å²) in [5.41, 5.74) is 14.6. The van der Waals surface area contributed by atoms with Gasteiger partial charge in [0.05, 0.1) is 5.69 Å². The molecule has 11 rings (SSSR count). The molecule has 0 aliphatic heterocycles. The molecule has 0 bridgehead atoms. The van der Waals surface area contributed by atoms with E-state index in [4.69, 9.17) is 4.42 Å². The first kappa shape index (κ1) is 33.6. The van der Waals surface area contributed by atoms with E-state index in [9.17, 15) is 0 Å². The Balaban J connectivity index is 1.00. The number of para-hydroxylation sites is 2. The van der Waals surface area contributed by atoms with Crippen LogP contribution in [0.3, 0.4) is 0 Å². The summed E-state index contributed by atoms with van der Waals surface area (Å²) in [6, 6.07) is 80.8. The number of hydrogen-bond donors (Lipinski definition) is 0. The van der Waals surface area contributed by atoms with Crippen molar-refractivity contribution in [3.8, 4) is 44.5 Å². The molecule has 0 unspecified atom stereocenters. The van der Waals surface area contributed by atoms with Crippen molar-refractivity contribution in [2.45, 2.75) is 0 Å². The first-order chi connectivity index (χ1) is 28.7. The molecule has 1 heterocycles. The van der Waals surface area contributed by atoms with Crippen LogP contribution in [0.15, 0.2) is 229 Å². The van der Waals surface area contributed by atoms with Crippen molar-refractivity contribution in [2.24, 2.45) is 0 Å². The van der Waals surface area contributed by atoms with Crippen LogP contribution in [0.1, 0.15) is 0 Å². The molecule has 0 aliphatic rings. The van der Waals surface area contributed by atoms with Crippen LogP contribution in [-0.2, 0) is 0 Å². The topological polar surface area (TPSA) is 16.4 Å². The van der Waals surface area contributed by atoms with Crippen molar-refractivity contribution >= 4 is 60.5 Å². The molecule has 0 saturated heterocycles. The maximum atomic E-state index is 6.22.